The number of aryl methyl sites for hydroxylation is 1. The minimum absolute atomic E-state index is 0.139. The van der Waals surface area contributed by atoms with E-state index in [1.165, 1.54) is 6.07 Å². The third-order valence-electron chi connectivity index (χ3n) is 5.27. The van der Waals surface area contributed by atoms with Crippen molar-refractivity contribution in [2.75, 3.05) is 26.8 Å². The van der Waals surface area contributed by atoms with Gasteiger partial charge in [0.2, 0.25) is 5.88 Å². The highest BCUT2D eigenvalue weighted by Gasteiger charge is 2.23. The van der Waals surface area contributed by atoms with Crippen LogP contribution in [-0.4, -0.2) is 52.7 Å². The Balaban J connectivity index is 1.99. The maximum atomic E-state index is 14.4. The molecule has 0 amide bonds. The average Bonchev–Trinajstić information content (AvgIpc) is 3.09. The molecule has 0 fully saturated rings. The van der Waals surface area contributed by atoms with Crippen LogP contribution in [-0.2, 0) is 11.3 Å². The molecule has 0 spiro atoms. The van der Waals surface area contributed by atoms with E-state index in [0.29, 0.717) is 32.1 Å². The fraction of sp³-hybridized carbons (Fsp3) is 0.400. The Morgan fingerprint density at radius 1 is 1.12 bits per heavy atom. The Hall–Kier alpha value is -2.74. The fourth-order valence-electron chi connectivity index (χ4n) is 3.60. The second-order valence-electron chi connectivity index (χ2n) is 7.82. The van der Waals surface area contributed by atoms with E-state index in [4.69, 9.17) is 14.6 Å². The normalized spacial score (nSPS) is 12.3. The van der Waals surface area contributed by atoms with Crippen LogP contribution in [0, 0.1) is 12.7 Å². The van der Waals surface area contributed by atoms with Crippen LogP contribution in [0.15, 0.2) is 54.6 Å². The Morgan fingerprint density at radius 2 is 1.84 bits per heavy atom. The monoisotopic (exact) mass is 441 g/mol. The van der Waals surface area contributed by atoms with Crippen LogP contribution in [0.25, 0.3) is 5.69 Å². The van der Waals surface area contributed by atoms with Crippen LogP contribution >= 0.6 is 0 Å². The van der Waals surface area contributed by atoms with Gasteiger partial charge in [0, 0.05) is 26.7 Å². The van der Waals surface area contributed by atoms with E-state index in [9.17, 15) is 9.50 Å². The summed E-state index contributed by atoms with van der Waals surface area (Å²) in [6.45, 7) is 6.15. The molecule has 0 saturated heterocycles. The van der Waals surface area contributed by atoms with Gasteiger partial charge < -0.3 is 14.6 Å². The van der Waals surface area contributed by atoms with Gasteiger partial charge in [-0.2, -0.15) is 5.10 Å². The quantitative estimate of drug-likeness (QED) is 0.441. The number of rotatable bonds is 12. The number of benzene rings is 2. The van der Waals surface area contributed by atoms with E-state index in [1.54, 1.807) is 30.0 Å². The third kappa shape index (κ3) is 6.16. The molecule has 32 heavy (non-hydrogen) atoms. The van der Waals surface area contributed by atoms with Crippen molar-refractivity contribution in [3.63, 3.8) is 0 Å². The number of nitrogens with zero attached hydrogens (tertiary/aromatic N) is 3. The largest absolute Gasteiger partial charge is 0.435 e. The lowest BCUT2D eigenvalue weighted by Gasteiger charge is -2.25. The first-order chi connectivity index (χ1) is 15.5. The van der Waals surface area contributed by atoms with Gasteiger partial charge in [0.1, 0.15) is 0 Å². The zero-order chi connectivity index (χ0) is 22.9. The van der Waals surface area contributed by atoms with Crippen molar-refractivity contribution in [1.29, 1.82) is 0 Å². The Labute approximate surface area is 189 Å². The van der Waals surface area contributed by atoms with E-state index in [1.807, 2.05) is 37.3 Å². The molecule has 172 valence electrons. The van der Waals surface area contributed by atoms with Gasteiger partial charge in [-0.3, -0.25) is 4.90 Å². The van der Waals surface area contributed by atoms with E-state index in [0.717, 1.165) is 29.8 Å². The number of aliphatic hydroxyl groups is 1. The fourth-order valence-corrected chi connectivity index (χ4v) is 3.60. The SMILES string of the molecule is CCC[C@H](O)CN(CCOC)Cc1c(C)nn(-c2ccccc2)c1Oc1ccccc1F. The van der Waals surface area contributed by atoms with Gasteiger partial charge in [0.05, 0.1) is 29.7 Å². The topological polar surface area (TPSA) is 59.8 Å². The number of halogens is 1. The van der Waals surface area contributed by atoms with Crippen molar-refractivity contribution in [3.8, 4) is 17.3 Å². The van der Waals surface area contributed by atoms with Gasteiger partial charge in [0.25, 0.3) is 0 Å². The molecule has 0 aliphatic rings. The van der Waals surface area contributed by atoms with E-state index in [2.05, 4.69) is 11.8 Å². The summed E-state index contributed by atoms with van der Waals surface area (Å²) in [4.78, 5) is 2.12. The molecule has 0 aliphatic heterocycles. The van der Waals surface area contributed by atoms with Crippen molar-refractivity contribution < 1.29 is 19.0 Å². The summed E-state index contributed by atoms with van der Waals surface area (Å²) >= 11 is 0. The molecular weight excluding hydrogens is 409 g/mol. The van der Waals surface area contributed by atoms with Gasteiger partial charge >= 0.3 is 0 Å². The van der Waals surface area contributed by atoms with E-state index < -0.39 is 11.9 Å². The maximum absolute atomic E-state index is 14.4. The Morgan fingerprint density at radius 3 is 2.53 bits per heavy atom. The molecule has 0 aliphatic carbocycles. The Bertz CT molecular complexity index is 978. The first kappa shape index (κ1) is 23.9. The Kier molecular flexibility index (Phi) is 8.79. The minimum atomic E-state index is -0.438. The molecule has 6 nitrogen and oxygen atoms in total. The summed E-state index contributed by atoms with van der Waals surface area (Å²) in [6.07, 6.45) is 1.20. The van der Waals surface area contributed by atoms with E-state index in [-0.39, 0.29) is 5.75 Å². The van der Waals surface area contributed by atoms with Crippen LogP contribution < -0.4 is 4.74 Å². The van der Waals surface area contributed by atoms with Crippen molar-refractivity contribution in [2.24, 2.45) is 0 Å². The second-order valence-corrected chi connectivity index (χ2v) is 7.82. The van der Waals surface area contributed by atoms with Gasteiger partial charge in [-0.25, -0.2) is 9.07 Å². The first-order valence-corrected chi connectivity index (χ1v) is 11.0. The van der Waals surface area contributed by atoms with Crippen LogP contribution in [0.1, 0.15) is 31.0 Å². The van der Waals surface area contributed by atoms with Crippen molar-refractivity contribution in [1.82, 2.24) is 14.7 Å². The number of ether oxygens (including phenoxy) is 2. The standard InChI is InChI=1S/C25H32FN3O3/c1-4-10-21(30)17-28(15-16-31-3)18-22-19(2)27-29(20-11-6-5-7-12-20)25(22)32-24-14-9-8-13-23(24)26/h5-9,11-14,21,30H,4,10,15-18H2,1-3H3/t21-/m0/s1. The zero-order valence-electron chi connectivity index (χ0n) is 19.0. The predicted molar refractivity (Wildman–Crippen MR) is 123 cm³/mol. The molecule has 1 aromatic heterocycles. The van der Waals surface area contributed by atoms with E-state index >= 15 is 0 Å². The lowest BCUT2D eigenvalue weighted by Crippen LogP contribution is -2.34. The van der Waals surface area contributed by atoms with Crippen molar-refractivity contribution in [3.05, 3.63) is 71.7 Å². The highest BCUT2D eigenvalue weighted by Crippen LogP contribution is 2.32. The third-order valence-corrected chi connectivity index (χ3v) is 5.27. The molecule has 3 rings (SSSR count). The van der Waals surface area contributed by atoms with Crippen LogP contribution in [0.4, 0.5) is 4.39 Å². The molecule has 1 atom stereocenters. The average molecular weight is 442 g/mol. The summed E-state index contributed by atoms with van der Waals surface area (Å²) in [6, 6.07) is 16.0. The lowest BCUT2D eigenvalue weighted by atomic mass is 10.1. The van der Waals surface area contributed by atoms with Gasteiger partial charge in [-0.15, -0.1) is 0 Å². The second kappa shape index (κ2) is 11.8. The molecular formula is C25H32FN3O3. The summed E-state index contributed by atoms with van der Waals surface area (Å²) in [5.41, 5.74) is 2.45. The molecule has 1 N–H and O–H groups in total. The number of para-hydroxylation sites is 2. The number of hydrogen-bond donors (Lipinski definition) is 1. The van der Waals surface area contributed by atoms with Crippen LogP contribution in [0.5, 0.6) is 11.6 Å². The smallest absolute Gasteiger partial charge is 0.227 e. The number of aliphatic hydroxyl groups excluding tert-OH is 1. The van der Waals surface area contributed by atoms with Crippen molar-refractivity contribution in [2.45, 2.75) is 39.3 Å². The summed E-state index contributed by atoms with van der Waals surface area (Å²) in [5, 5.41) is 15.1. The highest BCUT2D eigenvalue weighted by molar-refractivity contribution is 5.43. The number of methoxy groups -OCH3 is 1. The van der Waals surface area contributed by atoms with Crippen LogP contribution in [0.2, 0.25) is 0 Å². The minimum Gasteiger partial charge on any atom is -0.435 e. The summed E-state index contributed by atoms with van der Waals surface area (Å²) in [7, 11) is 1.66. The predicted octanol–water partition coefficient (Wildman–Crippen LogP) is 4.72. The lowest BCUT2D eigenvalue weighted by molar-refractivity contribution is 0.0795. The molecule has 2 aromatic carbocycles. The van der Waals surface area contributed by atoms with Gasteiger partial charge in [-0.05, 0) is 37.6 Å². The van der Waals surface area contributed by atoms with Crippen LogP contribution in [0.3, 0.4) is 0 Å². The van der Waals surface area contributed by atoms with Crippen molar-refractivity contribution >= 4 is 0 Å². The molecule has 0 saturated carbocycles. The molecule has 7 heteroatoms. The molecule has 0 unspecified atom stereocenters. The number of hydrogen-bond acceptors (Lipinski definition) is 5. The van der Waals surface area contributed by atoms with Gasteiger partial charge in [0.15, 0.2) is 11.6 Å². The molecule has 0 bridgehead atoms. The zero-order valence-corrected chi connectivity index (χ0v) is 19.0. The number of aromatic nitrogens is 2. The first-order valence-electron chi connectivity index (χ1n) is 11.0. The molecule has 3 aromatic rings. The van der Waals surface area contributed by atoms with Gasteiger partial charge in [-0.1, -0.05) is 43.7 Å². The molecule has 0 radical (unpaired) electrons. The highest BCUT2D eigenvalue weighted by atomic mass is 19.1. The summed E-state index contributed by atoms with van der Waals surface area (Å²) in [5.74, 6) is 0.165. The summed E-state index contributed by atoms with van der Waals surface area (Å²) < 4.78 is 27.5. The maximum Gasteiger partial charge on any atom is 0.227 e. The molecule has 1 heterocycles.